The monoisotopic (exact) mass is 415 g/mol. The number of piperazine rings is 1. The van der Waals surface area contributed by atoms with Gasteiger partial charge in [-0.15, -0.1) is 0 Å². The summed E-state index contributed by atoms with van der Waals surface area (Å²) >= 11 is 0. The van der Waals surface area contributed by atoms with Gasteiger partial charge in [0.2, 0.25) is 0 Å². The first-order valence-corrected chi connectivity index (χ1v) is 11.3. The van der Waals surface area contributed by atoms with Crippen LogP contribution in [0.25, 0.3) is 0 Å². The lowest BCUT2D eigenvalue weighted by atomic mass is 9.98. The van der Waals surface area contributed by atoms with Gasteiger partial charge in [-0.1, -0.05) is 19.9 Å². The number of carbonyl (C=O) groups excluding carboxylic acids is 1. The Balaban J connectivity index is 1.79. The number of rotatable bonds is 6. The first kappa shape index (κ1) is 21.3. The Morgan fingerprint density at radius 1 is 1.14 bits per heavy atom. The molecule has 1 aliphatic heterocycles. The van der Waals surface area contributed by atoms with Gasteiger partial charge in [-0.05, 0) is 35.7 Å². The number of amides is 1. The van der Waals surface area contributed by atoms with Crippen LogP contribution in [0.1, 0.15) is 35.7 Å². The van der Waals surface area contributed by atoms with Crippen LogP contribution in [-0.2, 0) is 11.0 Å². The van der Waals surface area contributed by atoms with Crippen LogP contribution in [0.2, 0.25) is 0 Å². The molecule has 3 rings (SSSR count). The van der Waals surface area contributed by atoms with Crippen molar-refractivity contribution in [3.05, 3.63) is 47.7 Å². The molecule has 1 atom stereocenters. The molecule has 1 unspecified atom stereocenters. The van der Waals surface area contributed by atoms with Crippen molar-refractivity contribution in [2.24, 2.45) is 0 Å². The summed E-state index contributed by atoms with van der Waals surface area (Å²) in [5.74, 6) is 0.891. The summed E-state index contributed by atoms with van der Waals surface area (Å²) in [5, 5.41) is 6.44. The molecule has 0 aliphatic carbocycles. The maximum Gasteiger partial charge on any atom is 0.255 e. The number of pyridine rings is 1. The zero-order valence-corrected chi connectivity index (χ0v) is 18.3. The number of carbonyl (C=O) groups is 1. The highest BCUT2D eigenvalue weighted by atomic mass is 32.2. The Labute approximate surface area is 175 Å². The van der Waals surface area contributed by atoms with Crippen LogP contribution >= 0.6 is 0 Å². The highest BCUT2D eigenvalue weighted by Crippen LogP contribution is 2.26. The SMILES string of the molecule is CNc1cccc(Nc2cc(C(C)C)c(C(=O)N3CCN(S(C)=O)CC3)cn2)c1. The Kier molecular flexibility index (Phi) is 6.87. The molecule has 0 saturated carbocycles. The fourth-order valence-corrected chi connectivity index (χ4v) is 4.09. The second kappa shape index (κ2) is 9.37. The molecular weight excluding hydrogens is 386 g/mol. The van der Waals surface area contributed by atoms with Gasteiger partial charge in [-0.25, -0.2) is 13.5 Å². The molecule has 7 nitrogen and oxygen atoms in total. The second-order valence-corrected chi connectivity index (χ2v) is 8.78. The maximum absolute atomic E-state index is 13.1. The molecule has 1 aliphatic rings. The summed E-state index contributed by atoms with van der Waals surface area (Å²) in [6.45, 7) is 6.56. The highest BCUT2D eigenvalue weighted by molar-refractivity contribution is 7.81. The van der Waals surface area contributed by atoms with E-state index in [9.17, 15) is 9.00 Å². The van der Waals surface area contributed by atoms with E-state index in [-0.39, 0.29) is 11.8 Å². The van der Waals surface area contributed by atoms with Crippen molar-refractivity contribution in [3.63, 3.8) is 0 Å². The summed E-state index contributed by atoms with van der Waals surface area (Å²) in [4.78, 5) is 19.4. The van der Waals surface area contributed by atoms with Gasteiger partial charge in [-0.3, -0.25) is 4.79 Å². The average molecular weight is 416 g/mol. The number of hydrogen-bond acceptors (Lipinski definition) is 5. The largest absolute Gasteiger partial charge is 0.388 e. The fourth-order valence-electron chi connectivity index (χ4n) is 3.41. The number of nitrogens with zero attached hydrogens (tertiary/aromatic N) is 3. The van der Waals surface area contributed by atoms with E-state index in [1.807, 2.05) is 46.6 Å². The van der Waals surface area contributed by atoms with Gasteiger partial charge in [0.1, 0.15) is 5.82 Å². The molecule has 29 heavy (non-hydrogen) atoms. The third-order valence-electron chi connectivity index (χ3n) is 5.10. The Hall–Kier alpha value is -2.45. The fraction of sp³-hybridized carbons (Fsp3) is 0.429. The second-order valence-electron chi connectivity index (χ2n) is 7.41. The molecule has 1 saturated heterocycles. The van der Waals surface area contributed by atoms with Crippen LogP contribution in [0.15, 0.2) is 36.5 Å². The lowest BCUT2D eigenvalue weighted by Gasteiger charge is -2.33. The van der Waals surface area contributed by atoms with Crippen molar-refractivity contribution in [3.8, 4) is 0 Å². The topological polar surface area (TPSA) is 77.6 Å². The predicted molar refractivity (Wildman–Crippen MR) is 119 cm³/mol. The molecule has 156 valence electrons. The Bertz CT molecular complexity index is 894. The summed E-state index contributed by atoms with van der Waals surface area (Å²) in [6, 6.07) is 9.91. The minimum atomic E-state index is -0.991. The zero-order valence-electron chi connectivity index (χ0n) is 17.4. The van der Waals surface area contributed by atoms with E-state index in [1.165, 1.54) is 0 Å². The van der Waals surface area contributed by atoms with Gasteiger partial charge in [0.25, 0.3) is 5.91 Å². The van der Waals surface area contributed by atoms with Crippen LogP contribution in [0.4, 0.5) is 17.2 Å². The Morgan fingerprint density at radius 3 is 2.45 bits per heavy atom. The molecule has 1 aromatic heterocycles. The lowest BCUT2D eigenvalue weighted by molar-refractivity contribution is 0.0699. The van der Waals surface area contributed by atoms with E-state index in [0.717, 1.165) is 16.9 Å². The van der Waals surface area contributed by atoms with E-state index in [2.05, 4.69) is 29.5 Å². The summed E-state index contributed by atoms with van der Waals surface area (Å²) in [5.41, 5.74) is 3.55. The third-order valence-corrected chi connectivity index (χ3v) is 6.19. The number of hydrogen-bond donors (Lipinski definition) is 2. The smallest absolute Gasteiger partial charge is 0.255 e. The van der Waals surface area contributed by atoms with Crippen molar-refractivity contribution < 1.29 is 9.00 Å². The highest BCUT2D eigenvalue weighted by Gasteiger charge is 2.26. The van der Waals surface area contributed by atoms with Gasteiger partial charge < -0.3 is 15.5 Å². The van der Waals surface area contributed by atoms with Crippen LogP contribution in [0, 0.1) is 0 Å². The summed E-state index contributed by atoms with van der Waals surface area (Å²) in [6.07, 6.45) is 3.35. The van der Waals surface area contributed by atoms with Crippen molar-refractivity contribution in [1.82, 2.24) is 14.2 Å². The van der Waals surface area contributed by atoms with Crippen LogP contribution < -0.4 is 10.6 Å². The van der Waals surface area contributed by atoms with Gasteiger partial charge >= 0.3 is 0 Å². The van der Waals surface area contributed by atoms with E-state index in [1.54, 1.807) is 12.5 Å². The molecular formula is C21H29N5O2S. The van der Waals surface area contributed by atoms with Crippen molar-refractivity contribution >= 4 is 34.1 Å². The van der Waals surface area contributed by atoms with Crippen LogP contribution in [-0.4, -0.2) is 63.8 Å². The first-order chi connectivity index (χ1) is 13.9. The van der Waals surface area contributed by atoms with E-state index < -0.39 is 11.0 Å². The molecule has 1 aromatic carbocycles. The van der Waals surface area contributed by atoms with Crippen LogP contribution in [0.5, 0.6) is 0 Å². The van der Waals surface area contributed by atoms with Gasteiger partial charge in [0.05, 0.1) is 16.5 Å². The van der Waals surface area contributed by atoms with E-state index in [0.29, 0.717) is 37.6 Å². The molecule has 1 fully saturated rings. The van der Waals surface area contributed by atoms with Crippen molar-refractivity contribution in [2.45, 2.75) is 19.8 Å². The maximum atomic E-state index is 13.1. The van der Waals surface area contributed by atoms with Gasteiger partial charge in [-0.2, -0.15) is 0 Å². The molecule has 2 N–H and O–H groups in total. The van der Waals surface area contributed by atoms with Gasteiger partial charge in [0, 0.05) is 57.1 Å². The molecule has 1 amide bonds. The standard InChI is InChI=1S/C21H29N5O2S/c1-15(2)18-13-20(24-17-7-5-6-16(12-17)22-3)23-14-19(18)21(27)25-8-10-26(11-9-25)29(4)28/h5-7,12-15,22H,8-11H2,1-4H3,(H,23,24). The zero-order chi connectivity index (χ0) is 21.0. The predicted octanol–water partition coefficient (Wildman–Crippen LogP) is 3.04. The minimum absolute atomic E-state index is 0.00790. The molecule has 2 heterocycles. The first-order valence-electron chi connectivity index (χ1n) is 9.81. The quantitative estimate of drug-likeness (QED) is 0.758. The minimum Gasteiger partial charge on any atom is -0.388 e. The number of nitrogens with one attached hydrogen (secondary N) is 2. The van der Waals surface area contributed by atoms with Crippen molar-refractivity contribution in [1.29, 1.82) is 0 Å². The average Bonchev–Trinajstić information content (AvgIpc) is 2.73. The number of aromatic nitrogens is 1. The van der Waals surface area contributed by atoms with Gasteiger partial charge in [0.15, 0.2) is 0 Å². The van der Waals surface area contributed by atoms with Crippen LogP contribution in [0.3, 0.4) is 0 Å². The molecule has 0 radical (unpaired) electrons. The lowest BCUT2D eigenvalue weighted by Crippen LogP contribution is -2.49. The third kappa shape index (κ3) is 5.13. The summed E-state index contributed by atoms with van der Waals surface area (Å²) < 4.78 is 13.5. The molecule has 0 spiro atoms. The molecule has 0 bridgehead atoms. The normalized spacial score (nSPS) is 16.0. The number of anilines is 3. The molecule has 8 heteroatoms. The summed E-state index contributed by atoms with van der Waals surface area (Å²) in [7, 11) is 0.890. The van der Waals surface area contributed by atoms with E-state index in [4.69, 9.17) is 0 Å². The molecule has 2 aromatic rings. The Morgan fingerprint density at radius 2 is 1.83 bits per heavy atom. The van der Waals surface area contributed by atoms with E-state index >= 15 is 0 Å². The number of benzene rings is 1. The van der Waals surface area contributed by atoms with Crippen molar-refractivity contribution in [2.75, 3.05) is 50.1 Å².